The second-order valence-corrected chi connectivity index (χ2v) is 4.09. The van der Waals surface area contributed by atoms with E-state index in [0.29, 0.717) is 5.39 Å². The summed E-state index contributed by atoms with van der Waals surface area (Å²) in [6.45, 7) is 1.69. The Hall–Kier alpha value is -2.70. The average Bonchev–Trinajstić information content (AvgIpc) is 2.43. The molecule has 20 heavy (non-hydrogen) atoms. The fourth-order valence-corrected chi connectivity index (χ4v) is 1.84. The maximum Gasteiger partial charge on any atom is 0.344 e. The first-order valence-corrected chi connectivity index (χ1v) is 5.96. The zero-order valence-electron chi connectivity index (χ0n) is 10.6. The van der Waals surface area contributed by atoms with Crippen molar-refractivity contribution in [2.45, 2.75) is 19.4 Å². The van der Waals surface area contributed by atoms with Gasteiger partial charge in [-0.25, -0.2) is 9.78 Å². The van der Waals surface area contributed by atoms with E-state index in [-0.39, 0.29) is 23.4 Å². The Bertz CT molecular complexity index is 671. The zero-order valence-corrected chi connectivity index (χ0v) is 10.6. The fraction of sp³-hybridized carbons (Fsp3) is 0.231. The number of aromatic nitrogens is 1. The van der Waals surface area contributed by atoms with Crippen molar-refractivity contribution in [1.29, 1.82) is 0 Å². The molecule has 0 aliphatic carbocycles. The summed E-state index contributed by atoms with van der Waals surface area (Å²) in [6, 6.07) is 5.88. The molecule has 104 valence electrons. The summed E-state index contributed by atoms with van der Waals surface area (Å²) in [6.07, 6.45) is 0.724. The molecule has 0 aliphatic heterocycles. The number of benzene rings is 1. The lowest BCUT2D eigenvalue weighted by Gasteiger charge is -2.14. The van der Waals surface area contributed by atoms with Gasteiger partial charge in [-0.1, -0.05) is 6.92 Å². The highest BCUT2D eigenvalue weighted by Crippen LogP contribution is 2.32. The van der Waals surface area contributed by atoms with Crippen LogP contribution >= 0.6 is 0 Å². The number of aliphatic carboxylic acids is 1. The summed E-state index contributed by atoms with van der Waals surface area (Å²) >= 11 is 0. The molecular weight excluding hydrogens is 264 g/mol. The van der Waals surface area contributed by atoms with Crippen molar-refractivity contribution in [3.63, 3.8) is 0 Å². The van der Waals surface area contributed by atoms with Crippen molar-refractivity contribution < 1.29 is 19.6 Å². The summed E-state index contributed by atoms with van der Waals surface area (Å²) < 4.78 is 5.41. The van der Waals surface area contributed by atoms with Crippen LogP contribution in [-0.4, -0.2) is 27.1 Å². The van der Waals surface area contributed by atoms with Gasteiger partial charge in [0.2, 0.25) is 0 Å². The predicted octanol–water partition coefficient (Wildman–Crippen LogP) is 2.38. The number of carboxylic acids is 1. The molecule has 1 atom stereocenters. The number of fused-ring (bicyclic) bond motifs is 1. The van der Waals surface area contributed by atoms with Crippen molar-refractivity contribution in [2.24, 2.45) is 0 Å². The molecule has 0 fully saturated rings. The van der Waals surface area contributed by atoms with Crippen LogP contribution in [-0.2, 0) is 4.79 Å². The monoisotopic (exact) mass is 276 g/mol. The molecule has 0 saturated heterocycles. The van der Waals surface area contributed by atoms with E-state index in [1.807, 2.05) is 0 Å². The van der Waals surface area contributed by atoms with Gasteiger partial charge >= 0.3 is 5.97 Å². The first-order valence-electron chi connectivity index (χ1n) is 5.96. The van der Waals surface area contributed by atoms with Crippen molar-refractivity contribution >= 4 is 22.6 Å². The second kappa shape index (κ2) is 5.52. The molecule has 2 rings (SSSR count). The molecule has 7 nitrogen and oxygen atoms in total. The van der Waals surface area contributed by atoms with Gasteiger partial charge in [-0.2, -0.15) is 0 Å². The van der Waals surface area contributed by atoms with Crippen LogP contribution in [0.2, 0.25) is 0 Å². The van der Waals surface area contributed by atoms with Crippen molar-refractivity contribution in [3.05, 3.63) is 40.6 Å². The first kappa shape index (κ1) is 13.7. The van der Waals surface area contributed by atoms with Crippen LogP contribution in [0.4, 0.5) is 5.69 Å². The molecule has 2 aromatic rings. The fourth-order valence-electron chi connectivity index (χ4n) is 1.84. The summed E-state index contributed by atoms with van der Waals surface area (Å²) in [5.41, 5.74) is 0.0339. The molecule has 0 radical (unpaired) electrons. The molecule has 7 heteroatoms. The standard InChI is InChI=1S/C13H12N2O5/c1-2-10(13(16)17)20-11-6-5-9(15(18)19)12-8(11)4-3-7-14-12/h3-7,10H,2H2,1H3,(H,16,17). The number of non-ortho nitro benzene ring substituents is 1. The van der Waals surface area contributed by atoms with Crippen LogP contribution in [0.15, 0.2) is 30.5 Å². The summed E-state index contributed by atoms with van der Waals surface area (Å²) in [4.78, 5) is 25.4. The molecule has 0 amide bonds. The Morgan fingerprint density at radius 2 is 2.25 bits per heavy atom. The van der Waals surface area contributed by atoms with Crippen LogP contribution in [0, 0.1) is 10.1 Å². The molecule has 0 bridgehead atoms. The van der Waals surface area contributed by atoms with Gasteiger partial charge in [0, 0.05) is 17.6 Å². The number of nitrogens with zero attached hydrogens (tertiary/aromatic N) is 2. The Morgan fingerprint density at radius 3 is 2.85 bits per heavy atom. The number of pyridine rings is 1. The molecule has 1 N–H and O–H groups in total. The van der Waals surface area contributed by atoms with Crippen LogP contribution in [0.25, 0.3) is 10.9 Å². The normalized spacial score (nSPS) is 12.1. The van der Waals surface area contributed by atoms with E-state index in [9.17, 15) is 14.9 Å². The van der Waals surface area contributed by atoms with E-state index in [1.165, 1.54) is 18.3 Å². The summed E-state index contributed by atoms with van der Waals surface area (Å²) in [5.74, 6) is -0.809. The highest BCUT2D eigenvalue weighted by molar-refractivity contribution is 5.92. The van der Waals surface area contributed by atoms with Gasteiger partial charge in [0.1, 0.15) is 5.75 Å². The first-order chi connectivity index (χ1) is 9.54. The van der Waals surface area contributed by atoms with Crippen molar-refractivity contribution in [2.75, 3.05) is 0 Å². The van der Waals surface area contributed by atoms with E-state index in [2.05, 4.69) is 4.98 Å². The molecule has 1 aromatic carbocycles. The SMILES string of the molecule is CCC(Oc1ccc([N+](=O)[O-])c2ncccc12)C(=O)O. The van der Waals surface area contributed by atoms with Gasteiger partial charge in [-0.15, -0.1) is 0 Å². The molecule has 1 aromatic heterocycles. The Kier molecular flexibility index (Phi) is 3.79. The third-order valence-electron chi connectivity index (χ3n) is 2.82. The maximum absolute atomic E-state index is 11.0. The van der Waals surface area contributed by atoms with Crippen molar-refractivity contribution in [3.8, 4) is 5.75 Å². The van der Waals surface area contributed by atoms with E-state index in [4.69, 9.17) is 9.84 Å². The summed E-state index contributed by atoms with van der Waals surface area (Å²) in [7, 11) is 0. The average molecular weight is 276 g/mol. The highest BCUT2D eigenvalue weighted by atomic mass is 16.6. The van der Waals surface area contributed by atoms with Gasteiger partial charge < -0.3 is 9.84 Å². The number of ether oxygens (including phenoxy) is 1. The van der Waals surface area contributed by atoms with Crippen molar-refractivity contribution in [1.82, 2.24) is 4.98 Å². The molecule has 0 spiro atoms. The number of rotatable bonds is 5. The molecule has 0 saturated carbocycles. The number of hydrogen-bond donors (Lipinski definition) is 1. The Morgan fingerprint density at radius 1 is 1.50 bits per heavy atom. The van der Waals surface area contributed by atoms with Gasteiger partial charge in [-0.05, 0) is 24.6 Å². The Balaban J connectivity index is 2.53. The lowest BCUT2D eigenvalue weighted by Crippen LogP contribution is -2.26. The molecule has 0 aliphatic rings. The highest BCUT2D eigenvalue weighted by Gasteiger charge is 2.21. The number of carboxylic acid groups (broad SMARTS) is 1. The van der Waals surface area contributed by atoms with Crippen LogP contribution < -0.4 is 4.74 Å². The minimum absolute atomic E-state index is 0.142. The predicted molar refractivity (Wildman–Crippen MR) is 70.7 cm³/mol. The number of hydrogen-bond acceptors (Lipinski definition) is 5. The third kappa shape index (κ3) is 2.51. The minimum Gasteiger partial charge on any atom is -0.479 e. The van der Waals surface area contributed by atoms with Gasteiger partial charge in [0.05, 0.1) is 4.92 Å². The molecule has 1 heterocycles. The zero-order chi connectivity index (χ0) is 14.7. The van der Waals surface area contributed by atoms with Crippen LogP contribution in [0.3, 0.4) is 0 Å². The minimum atomic E-state index is -1.08. The van der Waals surface area contributed by atoms with Gasteiger partial charge in [-0.3, -0.25) is 10.1 Å². The van der Waals surface area contributed by atoms with E-state index >= 15 is 0 Å². The number of nitro groups is 1. The lowest BCUT2D eigenvalue weighted by atomic mass is 10.1. The van der Waals surface area contributed by atoms with E-state index in [0.717, 1.165) is 0 Å². The number of carbonyl (C=O) groups is 1. The summed E-state index contributed by atoms with van der Waals surface area (Å²) in [5, 5.41) is 20.4. The van der Waals surface area contributed by atoms with Gasteiger partial charge in [0.25, 0.3) is 5.69 Å². The van der Waals surface area contributed by atoms with E-state index < -0.39 is 17.0 Å². The largest absolute Gasteiger partial charge is 0.479 e. The number of nitro benzene ring substituents is 1. The third-order valence-corrected chi connectivity index (χ3v) is 2.82. The second-order valence-electron chi connectivity index (χ2n) is 4.09. The van der Waals surface area contributed by atoms with E-state index in [1.54, 1.807) is 19.1 Å². The molecular formula is C13H12N2O5. The molecule has 1 unspecified atom stereocenters. The smallest absolute Gasteiger partial charge is 0.344 e. The van der Waals surface area contributed by atoms with Crippen LogP contribution in [0.1, 0.15) is 13.3 Å². The Labute approximate surface area is 114 Å². The van der Waals surface area contributed by atoms with Gasteiger partial charge in [0.15, 0.2) is 11.6 Å². The lowest BCUT2D eigenvalue weighted by molar-refractivity contribution is -0.383. The quantitative estimate of drug-likeness (QED) is 0.664. The van der Waals surface area contributed by atoms with Crippen LogP contribution in [0.5, 0.6) is 5.75 Å². The maximum atomic E-state index is 11.0. The topological polar surface area (TPSA) is 103 Å².